The van der Waals surface area contributed by atoms with Gasteiger partial charge in [-0.25, -0.2) is 9.78 Å². The van der Waals surface area contributed by atoms with E-state index >= 15 is 0 Å². The summed E-state index contributed by atoms with van der Waals surface area (Å²) >= 11 is 13.5. The maximum atomic E-state index is 12.8. The summed E-state index contributed by atoms with van der Waals surface area (Å²) < 4.78 is 6.17. The first kappa shape index (κ1) is 17.0. The zero-order valence-electron chi connectivity index (χ0n) is 12.8. The Kier molecular flexibility index (Phi) is 4.62. The fourth-order valence-electron chi connectivity index (χ4n) is 2.41. The highest BCUT2D eigenvalue weighted by Gasteiger charge is 2.20. The van der Waals surface area contributed by atoms with Crippen LogP contribution in [0.4, 0.5) is 0 Å². The molecule has 0 radical (unpaired) electrons. The van der Waals surface area contributed by atoms with Crippen LogP contribution in [0.1, 0.15) is 20.8 Å². The number of carbonyl (C=O) groups excluding carboxylic acids is 1. The lowest BCUT2D eigenvalue weighted by atomic mass is 10.2. The smallest absolute Gasteiger partial charge is 0.348 e. The van der Waals surface area contributed by atoms with Gasteiger partial charge in [0.2, 0.25) is 0 Å². The minimum atomic E-state index is -0.476. The average Bonchev–Trinajstić information content (AvgIpc) is 2.90. The van der Waals surface area contributed by atoms with Crippen LogP contribution >= 0.6 is 34.5 Å². The number of hydrogen-bond donors (Lipinski definition) is 0. The summed E-state index contributed by atoms with van der Waals surface area (Å²) in [5.74, 6) is -0.476. The summed E-state index contributed by atoms with van der Waals surface area (Å²) in [5, 5.41) is 1.37. The van der Waals surface area contributed by atoms with E-state index in [1.165, 1.54) is 18.0 Å². The molecule has 0 saturated heterocycles. The number of esters is 1. The lowest BCUT2D eigenvalue weighted by Crippen LogP contribution is -2.21. The molecule has 2 heterocycles. The molecule has 8 heteroatoms. The van der Waals surface area contributed by atoms with Gasteiger partial charge in [-0.05, 0) is 24.6 Å². The topological polar surface area (TPSA) is 61.2 Å². The number of rotatable bonds is 3. The second-order valence-corrected chi connectivity index (χ2v) is 6.92. The normalized spacial score (nSPS) is 11.0. The Morgan fingerprint density at radius 1 is 1.33 bits per heavy atom. The highest BCUT2D eigenvalue weighted by Crippen LogP contribution is 2.28. The van der Waals surface area contributed by atoms with Gasteiger partial charge in [0, 0.05) is 15.6 Å². The zero-order chi connectivity index (χ0) is 17.4. The van der Waals surface area contributed by atoms with Gasteiger partial charge in [0.15, 0.2) is 0 Å². The Morgan fingerprint density at radius 2 is 2.00 bits per heavy atom. The lowest BCUT2D eigenvalue weighted by Gasteiger charge is -2.09. The van der Waals surface area contributed by atoms with Crippen LogP contribution in [0.15, 0.2) is 29.3 Å². The molecule has 2 aromatic heterocycles. The molecule has 0 fully saturated rings. The number of aryl methyl sites for hydroxylation is 1. The number of methoxy groups -OCH3 is 1. The first-order valence-electron chi connectivity index (χ1n) is 6.93. The monoisotopic (exact) mass is 382 g/mol. The Hall–Kier alpha value is -1.89. The average molecular weight is 383 g/mol. The largest absolute Gasteiger partial charge is 0.465 e. The van der Waals surface area contributed by atoms with E-state index in [4.69, 9.17) is 27.9 Å². The highest BCUT2D eigenvalue weighted by molar-refractivity contribution is 7.20. The molecule has 0 N–H and O–H groups in total. The van der Waals surface area contributed by atoms with E-state index < -0.39 is 5.97 Å². The van der Waals surface area contributed by atoms with Gasteiger partial charge in [0.25, 0.3) is 5.56 Å². The summed E-state index contributed by atoms with van der Waals surface area (Å²) in [7, 11) is 1.30. The fourth-order valence-corrected chi connectivity index (χ4v) is 3.99. The zero-order valence-corrected chi connectivity index (χ0v) is 15.1. The third-order valence-electron chi connectivity index (χ3n) is 3.68. The van der Waals surface area contributed by atoms with E-state index in [9.17, 15) is 9.59 Å². The van der Waals surface area contributed by atoms with Crippen molar-refractivity contribution in [3.05, 3.63) is 60.9 Å². The summed E-state index contributed by atoms with van der Waals surface area (Å²) in [5.41, 5.74) is 0.962. The first-order valence-corrected chi connectivity index (χ1v) is 8.51. The van der Waals surface area contributed by atoms with Crippen LogP contribution in [0.2, 0.25) is 10.0 Å². The molecule has 0 bridgehead atoms. The molecule has 3 rings (SSSR count). The number of benzene rings is 1. The van der Waals surface area contributed by atoms with Crippen molar-refractivity contribution in [3.8, 4) is 0 Å². The first-order chi connectivity index (χ1) is 11.4. The van der Waals surface area contributed by atoms with Gasteiger partial charge in [-0.3, -0.25) is 9.36 Å². The Labute approximate surface area is 151 Å². The van der Waals surface area contributed by atoms with Crippen LogP contribution in [0.5, 0.6) is 0 Å². The van der Waals surface area contributed by atoms with E-state index in [-0.39, 0.29) is 12.1 Å². The molecule has 5 nitrogen and oxygen atoms in total. The number of carbonyl (C=O) groups is 1. The molecule has 0 aliphatic rings. The number of fused-ring (bicyclic) bond motifs is 1. The number of thiophene rings is 1. The molecule has 3 aromatic rings. The summed E-state index contributed by atoms with van der Waals surface area (Å²) in [6.07, 6.45) is 1.43. The Bertz CT molecular complexity index is 990. The maximum Gasteiger partial charge on any atom is 0.348 e. The molecule has 0 saturated carbocycles. The molecule has 0 unspecified atom stereocenters. The lowest BCUT2D eigenvalue weighted by molar-refractivity contribution is 0.0605. The summed E-state index contributed by atoms with van der Waals surface area (Å²) in [6.45, 7) is 1.91. The quantitative estimate of drug-likeness (QED) is 0.644. The van der Waals surface area contributed by atoms with Crippen molar-refractivity contribution in [1.82, 2.24) is 9.55 Å². The van der Waals surface area contributed by atoms with Gasteiger partial charge in [-0.15, -0.1) is 11.3 Å². The molecule has 0 aliphatic carbocycles. The number of halogens is 2. The molecular formula is C16H12Cl2N2O3S. The fraction of sp³-hybridized carbons (Fsp3) is 0.188. The van der Waals surface area contributed by atoms with Crippen LogP contribution in [-0.2, 0) is 11.3 Å². The van der Waals surface area contributed by atoms with Gasteiger partial charge in [-0.1, -0.05) is 29.3 Å². The molecular weight excluding hydrogens is 371 g/mol. The van der Waals surface area contributed by atoms with E-state index in [0.29, 0.717) is 36.3 Å². The van der Waals surface area contributed by atoms with Crippen molar-refractivity contribution in [2.24, 2.45) is 0 Å². The molecule has 0 atom stereocenters. The van der Waals surface area contributed by atoms with Crippen LogP contribution in [0.25, 0.3) is 10.2 Å². The SMILES string of the molecule is COC(=O)c1sc2ncn(Cc3c(Cl)cccc3Cl)c(=O)c2c1C. The van der Waals surface area contributed by atoms with Crippen LogP contribution < -0.4 is 5.56 Å². The predicted molar refractivity (Wildman–Crippen MR) is 95.5 cm³/mol. The van der Waals surface area contributed by atoms with E-state index in [1.807, 2.05) is 0 Å². The van der Waals surface area contributed by atoms with Crippen molar-refractivity contribution < 1.29 is 9.53 Å². The highest BCUT2D eigenvalue weighted by atomic mass is 35.5. The predicted octanol–water partition coefficient (Wildman–Crippen LogP) is 3.91. The van der Waals surface area contributed by atoms with Gasteiger partial charge < -0.3 is 4.74 Å². The third-order valence-corrected chi connectivity index (χ3v) is 5.57. The van der Waals surface area contributed by atoms with Crippen LogP contribution in [-0.4, -0.2) is 22.6 Å². The summed E-state index contributed by atoms with van der Waals surface area (Å²) in [6, 6.07) is 5.17. The Balaban J connectivity index is 2.14. The van der Waals surface area contributed by atoms with Crippen LogP contribution in [0, 0.1) is 6.92 Å². The molecule has 0 amide bonds. The van der Waals surface area contributed by atoms with Gasteiger partial charge >= 0.3 is 5.97 Å². The molecule has 24 heavy (non-hydrogen) atoms. The second-order valence-electron chi connectivity index (χ2n) is 5.11. The van der Waals surface area contributed by atoms with Crippen molar-refractivity contribution >= 4 is 50.7 Å². The summed E-state index contributed by atoms with van der Waals surface area (Å²) in [4.78, 5) is 29.8. The van der Waals surface area contributed by atoms with Crippen molar-refractivity contribution in [2.75, 3.05) is 7.11 Å². The molecule has 0 aliphatic heterocycles. The molecule has 1 aromatic carbocycles. The van der Waals surface area contributed by atoms with Gasteiger partial charge in [0.1, 0.15) is 9.71 Å². The number of hydrogen-bond acceptors (Lipinski definition) is 5. The van der Waals surface area contributed by atoms with Crippen molar-refractivity contribution in [1.29, 1.82) is 0 Å². The van der Waals surface area contributed by atoms with Crippen molar-refractivity contribution in [3.63, 3.8) is 0 Å². The number of nitrogens with zero attached hydrogens (tertiary/aromatic N) is 2. The van der Waals surface area contributed by atoms with E-state index in [1.54, 1.807) is 25.1 Å². The molecule has 124 valence electrons. The third kappa shape index (κ3) is 2.81. The number of ether oxygens (including phenoxy) is 1. The number of aromatic nitrogens is 2. The minimum absolute atomic E-state index is 0.198. The Morgan fingerprint density at radius 3 is 2.62 bits per heavy atom. The second kappa shape index (κ2) is 6.55. The standard InChI is InChI=1S/C16H12Cl2N2O3S/c1-8-12-14(24-13(8)16(22)23-2)19-7-20(15(12)21)6-9-10(17)4-3-5-11(9)18/h3-5,7H,6H2,1-2H3. The van der Waals surface area contributed by atoms with Crippen LogP contribution in [0.3, 0.4) is 0 Å². The maximum absolute atomic E-state index is 12.8. The molecule has 0 spiro atoms. The van der Waals surface area contributed by atoms with Crippen molar-refractivity contribution in [2.45, 2.75) is 13.5 Å². The van der Waals surface area contributed by atoms with Gasteiger partial charge in [-0.2, -0.15) is 0 Å². The van der Waals surface area contributed by atoms with E-state index in [0.717, 1.165) is 11.3 Å². The minimum Gasteiger partial charge on any atom is -0.465 e. The van der Waals surface area contributed by atoms with E-state index in [2.05, 4.69) is 4.98 Å². The van der Waals surface area contributed by atoms with Gasteiger partial charge in [0.05, 0.1) is 25.4 Å².